The van der Waals surface area contributed by atoms with Crippen molar-refractivity contribution >= 4 is 29.4 Å². The van der Waals surface area contributed by atoms with Crippen LogP contribution in [0.1, 0.15) is 38.7 Å². The first-order valence-corrected chi connectivity index (χ1v) is 11.6. The fourth-order valence-electron chi connectivity index (χ4n) is 3.10. The third-order valence-electron chi connectivity index (χ3n) is 5.01. The highest BCUT2D eigenvalue weighted by atomic mass is 16.5. The van der Waals surface area contributed by atoms with Crippen LogP contribution in [0.15, 0.2) is 24.3 Å². The number of primary amides is 1. The number of aliphatic hydroxyl groups is 1. The zero-order valence-corrected chi connectivity index (χ0v) is 20.3. The molecule has 1 rings (SSSR count). The van der Waals surface area contributed by atoms with E-state index in [2.05, 4.69) is 21.3 Å². The monoisotopic (exact) mass is 494 g/mol. The number of urea groups is 1. The van der Waals surface area contributed by atoms with Gasteiger partial charge in [-0.05, 0) is 36.5 Å². The Labute approximate surface area is 205 Å². The molecular weight excluding hydrogens is 456 g/mol. The number of benzene rings is 1. The number of carbonyl (C=O) groups is 4. The van der Waals surface area contributed by atoms with Crippen molar-refractivity contribution < 1.29 is 29.0 Å². The first-order chi connectivity index (χ1) is 16.7. The Morgan fingerprint density at radius 2 is 1.71 bits per heavy atom. The number of nitrogens with one attached hydrogen (secondary N) is 4. The molecule has 1 aromatic rings. The lowest BCUT2D eigenvalue weighted by atomic mass is 10.0. The number of carbonyl (C=O) groups excluding carboxylic acids is 4. The number of aliphatic hydroxyl groups excluding tert-OH is 1. The molecule has 0 aliphatic rings. The molecule has 9 N–H and O–H groups in total. The van der Waals surface area contributed by atoms with Gasteiger partial charge in [0.05, 0.1) is 19.8 Å². The van der Waals surface area contributed by atoms with Crippen molar-refractivity contribution in [1.82, 2.24) is 16.0 Å². The molecule has 0 bridgehead atoms. The first kappa shape index (κ1) is 29.8. The lowest BCUT2D eigenvalue weighted by Crippen LogP contribution is -2.54. The molecule has 2 atom stereocenters. The molecule has 1 aromatic carbocycles. The Balaban J connectivity index is 2.84. The molecule has 12 heteroatoms. The van der Waals surface area contributed by atoms with E-state index in [9.17, 15) is 24.3 Å². The lowest BCUT2D eigenvalue weighted by Gasteiger charge is -2.25. The number of anilines is 1. The summed E-state index contributed by atoms with van der Waals surface area (Å²) in [5.41, 5.74) is 11.6. The maximum atomic E-state index is 13.0. The zero-order chi connectivity index (χ0) is 26.2. The van der Waals surface area contributed by atoms with E-state index in [0.717, 1.165) is 0 Å². The molecule has 0 fully saturated rings. The van der Waals surface area contributed by atoms with E-state index in [0.29, 0.717) is 30.8 Å². The highest BCUT2D eigenvalue weighted by molar-refractivity contribution is 5.98. The van der Waals surface area contributed by atoms with Gasteiger partial charge in [-0.2, -0.15) is 0 Å². The maximum Gasteiger partial charge on any atom is 0.312 e. The second kappa shape index (κ2) is 16.4. The number of hydrogen-bond donors (Lipinski definition) is 7. The Morgan fingerprint density at radius 3 is 2.29 bits per heavy atom. The van der Waals surface area contributed by atoms with Gasteiger partial charge in [0.15, 0.2) is 0 Å². The van der Waals surface area contributed by atoms with Crippen molar-refractivity contribution in [2.45, 2.75) is 51.8 Å². The summed E-state index contributed by atoms with van der Waals surface area (Å²) in [4.78, 5) is 49.1. The predicted octanol–water partition coefficient (Wildman–Crippen LogP) is -0.443. The molecule has 0 heterocycles. The Kier molecular flexibility index (Phi) is 14.0. The van der Waals surface area contributed by atoms with Crippen LogP contribution < -0.4 is 32.7 Å². The van der Waals surface area contributed by atoms with Gasteiger partial charge >= 0.3 is 6.03 Å². The predicted molar refractivity (Wildman–Crippen MR) is 131 cm³/mol. The average Bonchev–Trinajstić information content (AvgIpc) is 2.82. The van der Waals surface area contributed by atoms with E-state index in [1.807, 2.05) is 0 Å². The van der Waals surface area contributed by atoms with Crippen LogP contribution in [0.25, 0.3) is 0 Å². The highest BCUT2D eigenvalue weighted by Crippen LogP contribution is 2.12. The quantitative estimate of drug-likeness (QED) is 0.151. The third kappa shape index (κ3) is 12.2. The number of nitrogens with two attached hydrogens (primary N) is 2. The summed E-state index contributed by atoms with van der Waals surface area (Å²) in [6, 6.07) is 4.14. The van der Waals surface area contributed by atoms with Crippen molar-refractivity contribution in [2.24, 2.45) is 17.4 Å². The SMILES string of the molecule is CC(C)[C@H](NC(=O)CCOCCN)C(=O)N[C@@H](CCCNC(N)=O)C(=O)Nc1ccc(CO)cc1. The van der Waals surface area contributed by atoms with E-state index in [4.69, 9.17) is 16.2 Å². The Morgan fingerprint density at radius 1 is 1.03 bits per heavy atom. The molecule has 0 spiro atoms. The van der Waals surface area contributed by atoms with Gasteiger partial charge in [0.25, 0.3) is 0 Å². The number of hydrogen-bond acceptors (Lipinski definition) is 7. The van der Waals surface area contributed by atoms with Gasteiger partial charge < -0.3 is 42.6 Å². The summed E-state index contributed by atoms with van der Waals surface area (Å²) in [6.45, 7) is 4.54. The van der Waals surface area contributed by atoms with Crippen LogP contribution in [-0.4, -0.2) is 67.2 Å². The molecule has 0 radical (unpaired) electrons. The van der Waals surface area contributed by atoms with Gasteiger partial charge in [0.1, 0.15) is 12.1 Å². The minimum Gasteiger partial charge on any atom is -0.392 e. The lowest BCUT2D eigenvalue weighted by molar-refractivity contribution is -0.132. The van der Waals surface area contributed by atoms with Gasteiger partial charge in [-0.25, -0.2) is 4.79 Å². The van der Waals surface area contributed by atoms with E-state index in [1.54, 1.807) is 38.1 Å². The summed E-state index contributed by atoms with van der Waals surface area (Å²) in [5.74, 6) is -1.56. The molecule has 0 saturated heterocycles. The van der Waals surface area contributed by atoms with Crippen LogP contribution in [0.5, 0.6) is 0 Å². The largest absolute Gasteiger partial charge is 0.392 e. The van der Waals surface area contributed by atoms with Crippen molar-refractivity contribution in [2.75, 3.05) is 31.6 Å². The van der Waals surface area contributed by atoms with Gasteiger partial charge in [-0.3, -0.25) is 14.4 Å². The van der Waals surface area contributed by atoms with Gasteiger partial charge in [0, 0.05) is 25.2 Å². The molecule has 12 nitrogen and oxygen atoms in total. The molecule has 0 saturated carbocycles. The summed E-state index contributed by atoms with van der Waals surface area (Å²) >= 11 is 0. The summed E-state index contributed by atoms with van der Waals surface area (Å²) in [5, 5.41) is 19.8. The third-order valence-corrected chi connectivity index (χ3v) is 5.01. The van der Waals surface area contributed by atoms with Crippen LogP contribution in [-0.2, 0) is 25.7 Å². The van der Waals surface area contributed by atoms with Crippen LogP contribution in [0.4, 0.5) is 10.5 Å². The number of rotatable bonds is 16. The van der Waals surface area contributed by atoms with Gasteiger partial charge in [-0.15, -0.1) is 0 Å². The highest BCUT2D eigenvalue weighted by Gasteiger charge is 2.28. The Hall–Kier alpha value is -3.22. The van der Waals surface area contributed by atoms with Crippen molar-refractivity contribution in [3.63, 3.8) is 0 Å². The van der Waals surface area contributed by atoms with Crippen LogP contribution in [0, 0.1) is 5.92 Å². The molecular formula is C23H38N6O6. The van der Waals surface area contributed by atoms with E-state index in [-0.39, 0.29) is 44.4 Å². The zero-order valence-electron chi connectivity index (χ0n) is 20.3. The number of ether oxygens (including phenoxy) is 1. The summed E-state index contributed by atoms with van der Waals surface area (Å²) in [7, 11) is 0. The van der Waals surface area contributed by atoms with Crippen LogP contribution in [0.3, 0.4) is 0 Å². The maximum absolute atomic E-state index is 13.0. The molecule has 5 amide bonds. The second-order valence-electron chi connectivity index (χ2n) is 8.28. The van der Waals surface area contributed by atoms with Crippen molar-refractivity contribution in [3.8, 4) is 0 Å². The summed E-state index contributed by atoms with van der Waals surface area (Å²) in [6.07, 6.45) is 0.670. The van der Waals surface area contributed by atoms with E-state index < -0.39 is 29.9 Å². The van der Waals surface area contributed by atoms with Gasteiger partial charge in [-0.1, -0.05) is 26.0 Å². The van der Waals surface area contributed by atoms with Crippen molar-refractivity contribution in [1.29, 1.82) is 0 Å². The standard InChI is InChI=1S/C23H38N6O6/c1-15(2)20(29-19(31)9-12-35-13-10-24)22(33)28-18(4-3-11-26-23(25)34)21(32)27-17-7-5-16(14-30)6-8-17/h5-8,15,18,20,30H,3-4,9-14,24H2,1-2H3,(H,27,32)(H,28,33)(H,29,31)(H3,25,26,34)/t18-,20-/m0/s1. The summed E-state index contributed by atoms with van der Waals surface area (Å²) < 4.78 is 5.20. The van der Waals surface area contributed by atoms with Gasteiger partial charge in [0.2, 0.25) is 17.7 Å². The normalized spacial score (nSPS) is 12.5. The molecule has 196 valence electrons. The van der Waals surface area contributed by atoms with E-state index >= 15 is 0 Å². The molecule has 0 unspecified atom stereocenters. The Bertz CT molecular complexity index is 817. The molecule has 0 aliphatic heterocycles. The van der Waals surface area contributed by atoms with Crippen molar-refractivity contribution in [3.05, 3.63) is 29.8 Å². The average molecular weight is 495 g/mol. The molecule has 0 aliphatic carbocycles. The minimum absolute atomic E-state index is 0.0725. The van der Waals surface area contributed by atoms with Crippen LogP contribution in [0.2, 0.25) is 0 Å². The fraction of sp³-hybridized carbons (Fsp3) is 0.565. The smallest absolute Gasteiger partial charge is 0.312 e. The number of amides is 5. The fourth-order valence-corrected chi connectivity index (χ4v) is 3.10. The molecule has 35 heavy (non-hydrogen) atoms. The molecule has 0 aromatic heterocycles. The topological polar surface area (TPSA) is 198 Å². The van der Waals surface area contributed by atoms with Crippen LogP contribution >= 0.6 is 0 Å². The van der Waals surface area contributed by atoms with E-state index in [1.165, 1.54) is 0 Å². The minimum atomic E-state index is -0.930. The first-order valence-electron chi connectivity index (χ1n) is 11.6. The second-order valence-corrected chi connectivity index (χ2v) is 8.28.